The molecule has 140 valence electrons. The van der Waals surface area contributed by atoms with Crippen LogP contribution in [0.2, 0.25) is 0 Å². The van der Waals surface area contributed by atoms with E-state index in [2.05, 4.69) is 10.2 Å². The molecule has 0 saturated carbocycles. The highest BCUT2D eigenvalue weighted by atomic mass is 32.1. The van der Waals surface area contributed by atoms with Crippen LogP contribution in [0.25, 0.3) is 10.8 Å². The topological polar surface area (TPSA) is 112 Å². The fraction of sp³-hybridized carbons (Fsp3) is 0.235. The second-order valence-corrected chi connectivity index (χ2v) is 6.45. The first-order chi connectivity index (χ1) is 13.1. The van der Waals surface area contributed by atoms with E-state index < -0.39 is 4.92 Å². The van der Waals surface area contributed by atoms with Gasteiger partial charge in [-0.25, -0.2) is 0 Å². The van der Waals surface area contributed by atoms with Crippen molar-refractivity contribution in [3.63, 3.8) is 0 Å². The molecule has 0 aliphatic rings. The zero-order chi connectivity index (χ0) is 19.2. The largest absolute Gasteiger partial charge is 0.418 e. The molecule has 0 unspecified atom stereocenters. The molecule has 0 spiro atoms. The van der Waals surface area contributed by atoms with Crippen LogP contribution in [0.5, 0.6) is 0 Å². The first-order valence-electron chi connectivity index (χ1n) is 7.97. The van der Waals surface area contributed by atoms with Crippen molar-refractivity contribution in [1.29, 1.82) is 0 Å². The molecule has 10 heteroatoms. The van der Waals surface area contributed by atoms with Gasteiger partial charge in [-0.3, -0.25) is 14.9 Å². The second-order valence-electron chi connectivity index (χ2n) is 5.51. The maximum atomic E-state index is 12.8. The minimum absolute atomic E-state index is 0.0727. The average molecular weight is 388 g/mol. The van der Waals surface area contributed by atoms with E-state index in [1.807, 2.05) is 17.5 Å². The molecule has 0 fully saturated rings. The Hall–Kier alpha value is -3.11. The minimum atomic E-state index is -0.540. The number of carbonyl (C=O) groups excluding carboxylic acids is 1. The third-order valence-corrected chi connectivity index (χ3v) is 4.54. The summed E-state index contributed by atoms with van der Waals surface area (Å²) in [6.45, 7) is 0.643. The lowest BCUT2D eigenvalue weighted by Crippen LogP contribution is -2.33. The molecular weight excluding hydrogens is 372 g/mol. The Morgan fingerprint density at radius 1 is 1.33 bits per heavy atom. The lowest BCUT2D eigenvalue weighted by Gasteiger charge is -2.20. The Kier molecular flexibility index (Phi) is 5.89. The molecule has 0 aliphatic heterocycles. The van der Waals surface area contributed by atoms with E-state index in [1.165, 1.54) is 47.6 Å². The Labute approximate surface area is 158 Å². The van der Waals surface area contributed by atoms with Crippen LogP contribution in [0.15, 0.2) is 46.2 Å². The van der Waals surface area contributed by atoms with Gasteiger partial charge in [0.25, 0.3) is 17.5 Å². The molecule has 0 saturated heterocycles. The Bertz CT molecular complexity index is 925. The molecular formula is C17H16N4O5S. The number of benzene rings is 1. The van der Waals surface area contributed by atoms with Gasteiger partial charge in [0.05, 0.1) is 23.0 Å². The predicted octanol–water partition coefficient (Wildman–Crippen LogP) is 3.00. The van der Waals surface area contributed by atoms with Crippen molar-refractivity contribution < 1.29 is 18.9 Å². The summed E-state index contributed by atoms with van der Waals surface area (Å²) >= 11 is 1.47. The first-order valence-corrected chi connectivity index (χ1v) is 8.85. The summed E-state index contributed by atoms with van der Waals surface area (Å²) in [5.41, 5.74) is 0.0589. The van der Waals surface area contributed by atoms with Gasteiger partial charge in [0, 0.05) is 31.4 Å². The van der Waals surface area contributed by atoms with E-state index in [0.717, 1.165) is 4.88 Å². The number of hydrogen-bond acceptors (Lipinski definition) is 8. The third-order valence-electron chi connectivity index (χ3n) is 3.68. The minimum Gasteiger partial charge on any atom is -0.418 e. The highest BCUT2D eigenvalue weighted by Gasteiger charge is 2.21. The SMILES string of the molecule is COCCN(Cc1nnc(-c2cccs2)o1)C(=O)c1cccc([N+](=O)[O-])c1. The molecule has 9 nitrogen and oxygen atoms in total. The third kappa shape index (κ3) is 4.54. The lowest BCUT2D eigenvalue weighted by molar-refractivity contribution is -0.384. The summed E-state index contributed by atoms with van der Waals surface area (Å²) in [5.74, 6) is 0.273. The van der Waals surface area contributed by atoms with Gasteiger partial charge in [0.1, 0.15) is 0 Å². The molecule has 2 aromatic heterocycles. The highest BCUT2D eigenvalue weighted by Crippen LogP contribution is 2.23. The lowest BCUT2D eigenvalue weighted by atomic mass is 10.1. The summed E-state index contributed by atoms with van der Waals surface area (Å²) in [4.78, 5) is 25.5. The molecule has 0 atom stereocenters. The number of rotatable bonds is 8. The van der Waals surface area contributed by atoms with Crippen LogP contribution in [-0.2, 0) is 11.3 Å². The number of aromatic nitrogens is 2. The second kappa shape index (κ2) is 8.52. The maximum Gasteiger partial charge on any atom is 0.270 e. The van der Waals surface area contributed by atoms with Crippen molar-refractivity contribution in [1.82, 2.24) is 15.1 Å². The van der Waals surface area contributed by atoms with Crippen molar-refractivity contribution in [2.75, 3.05) is 20.3 Å². The van der Waals surface area contributed by atoms with Crippen LogP contribution in [0.3, 0.4) is 0 Å². The van der Waals surface area contributed by atoms with Crippen LogP contribution in [0, 0.1) is 10.1 Å². The number of methoxy groups -OCH3 is 1. The summed E-state index contributed by atoms with van der Waals surface area (Å²) in [6, 6.07) is 9.32. The molecule has 3 rings (SSSR count). The number of amides is 1. The van der Waals surface area contributed by atoms with Crippen LogP contribution in [0.4, 0.5) is 5.69 Å². The monoisotopic (exact) mass is 388 g/mol. The summed E-state index contributed by atoms with van der Waals surface area (Å²) in [7, 11) is 1.53. The van der Waals surface area contributed by atoms with Gasteiger partial charge in [-0.1, -0.05) is 12.1 Å². The van der Waals surface area contributed by atoms with Crippen LogP contribution in [-0.4, -0.2) is 46.2 Å². The standard InChI is InChI=1S/C17H16N4O5S/c1-25-8-7-20(17(22)12-4-2-5-13(10-12)21(23)24)11-15-18-19-16(26-15)14-6-3-9-27-14/h2-6,9-10H,7-8,11H2,1H3. The summed E-state index contributed by atoms with van der Waals surface area (Å²) in [6.07, 6.45) is 0. The zero-order valence-electron chi connectivity index (χ0n) is 14.4. The number of carbonyl (C=O) groups is 1. The maximum absolute atomic E-state index is 12.8. The quantitative estimate of drug-likeness (QED) is 0.431. The van der Waals surface area contributed by atoms with Gasteiger partial charge < -0.3 is 14.1 Å². The van der Waals surface area contributed by atoms with Crippen molar-refractivity contribution in [2.24, 2.45) is 0 Å². The van der Waals surface area contributed by atoms with Crippen molar-refractivity contribution in [3.05, 3.63) is 63.3 Å². The van der Waals surface area contributed by atoms with E-state index in [9.17, 15) is 14.9 Å². The number of nitro benzene ring substituents is 1. The molecule has 1 aromatic carbocycles. The molecule has 0 aliphatic carbocycles. The highest BCUT2D eigenvalue weighted by molar-refractivity contribution is 7.13. The molecule has 2 heterocycles. The molecule has 1 amide bonds. The van der Waals surface area contributed by atoms with E-state index in [1.54, 1.807) is 0 Å². The Morgan fingerprint density at radius 3 is 2.89 bits per heavy atom. The molecule has 0 N–H and O–H groups in total. The van der Waals surface area contributed by atoms with Crippen LogP contribution in [0.1, 0.15) is 16.2 Å². The van der Waals surface area contributed by atoms with Gasteiger partial charge in [-0.05, 0) is 17.5 Å². The smallest absolute Gasteiger partial charge is 0.270 e. The molecule has 27 heavy (non-hydrogen) atoms. The van der Waals surface area contributed by atoms with Crippen molar-refractivity contribution in [3.8, 4) is 10.8 Å². The van der Waals surface area contributed by atoms with Crippen molar-refractivity contribution in [2.45, 2.75) is 6.54 Å². The summed E-state index contributed by atoms with van der Waals surface area (Å²) in [5, 5.41) is 20.8. The van der Waals surface area contributed by atoms with E-state index >= 15 is 0 Å². The predicted molar refractivity (Wildman–Crippen MR) is 97.3 cm³/mol. The van der Waals surface area contributed by atoms with Gasteiger partial charge in [0.15, 0.2) is 0 Å². The van der Waals surface area contributed by atoms with Gasteiger partial charge in [-0.2, -0.15) is 0 Å². The fourth-order valence-corrected chi connectivity index (χ4v) is 3.01. The molecule has 0 bridgehead atoms. The van der Waals surface area contributed by atoms with Crippen LogP contribution >= 0.6 is 11.3 Å². The number of thiophene rings is 1. The number of nitrogens with zero attached hydrogens (tertiary/aromatic N) is 4. The fourth-order valence-electron chi connectivity index (χ4n) is 2.37. The first kappa shape index (κ1) is 18.7. The number of non-ortho nitro benzene ring substituents is 1. The molecule has 0 radical (unpaired) electrons. The Balaban J connectivity index is 1.80. The normalized spacial score (nSPS) is 10.7. The van der Waals surface area contributed by atoms with E-state index in [-0.39, 0.29) is 36.1 Å². The van der Waals surface area contributed by atoms with Gasteiger partial charge >= 0.3 is 0 Å². The van der Waals surface area contributed by atoms with Crippen LogP contribution < -0.4 is 0 Å². The Morgan fingerprint density at radius 2 is 2.19 bits per heavy atom. The van der Waals surface area contributed by atoms with Gasteiger partial charge in [0.2, 0.25) is 5.89 Å². The summed E-state index contributed by atoms with van der Waals surface area (Å²) < 4.78 is 10.7. The number of ether oxygens (including phenoxy) is 1. The number of nitro groups is 1. The average Bonchev–Trinajstić information content (AvgIpc) is 3.36. The van der Waals surface area contributed by atoms with E-state index in [4.69, 9.17) is 9.15 Å². The molecule has 3 aromatic rings. The number of hydrogen-bond donors (Lipinski definition) is 0. The van der Waals surface area contributed by atoms with E-state index in [0.29, 0.717) is 12.5 Å². The van der Waals surface area contributed by atoms with Gasteiger partial charge in [-0.15, -0.1) is 21.5 Å². The van der Waals surface area contributed by atoms with Crippen molar-refractivity contribution >= 4 is 22.9 Å². The zero-order valence-corrected chi connectivity index (χ0v) is 15.2.